The molecule has 0 amide bonds. The Morgan fingerprint density at radius 1 is 1.22 bits per heavy atom. The molecule has 1 aromatic carbocycles. The van der Waals surface area contributed by atoms with E-state index in [0.717, 1.165) is 11.1 Å². The van der Waals surface area contributed by atoms with Crippen molar-refractivity contribution in [3.63, 3.8) is 0 Å². The van der Waals surface area contributed by atoms with Crippen molar-refractivity contribution in [3.05, 3.63) is 69.7 Å². The van der Waals surface area contributed by atoms with Gasteiger partial charge < -0.3 is 9.51 Å². The molecule has 4 aromatic rings. The highest BCUT2D eigenvalue weighted by Crippen LogP contribution is 2.30. The van der Waals surface area contributed by atoms with E-state index in [-0.39, 0.29) is 11.4 Å². The number of H-pyrrole nitrogens is 1. The summed E-state index contributed by atoms with van der Waals surface area (Å²) < 4.78 is 17.8. The van der Waals surface area contributed by atoms with Crippen LogP contribution >= 0.6 is 11.3 Å². The Balaban J connectivity index is 1.81. The van der Waals surface area contributed by atoms with Crippen LogP contribution in [0.15, 0.2) is 51.3 Å². The molecule has 4 rings (SSSR count). The van der Waals surface area contributed by atoms with E-state index in [2.05, 4.69) is 15.1 Å². The van der Waals surface area contributed by atoms with Gasteiger partial charge >= 0.3 is 0 Å². The quantitative estimate of drug-likeness (QED) is 0.626. The van der Waals surface area contributed by atoms with Gasteiger partial charge in [-0.1, -0.05) is 17.3 Å². The molecule has 1 N–H and O–H groups in total. The number of fused-ring (bicyclic) bond motifs is 1. The summed E-state index contributed by atoms with van der Waals surface area (Å²) >= 11 is 1.39. The second-order valence-electron chi connectivity index (χ2n) is 5.02. The number of nitrogens with zero attached hydrogens (tertiary/aromatic N) is 2. The van der Waals surface area contributed by atoms with E-state index in [1.54, 1.807) is 18.2 Å². The van der Waals surface area contributed by atoms with Crippen molar-refractivity contribution in [2.45, 2.75) is 6.42 Å². The summed E-state index contributed by atoms with van der Waals surface area (Å²) in [5.41, 5.74) is 2.03. The Hall–Kier alpha value is -2.80. The van der Waals surface area contributed by atoms with Gasteiger partial charge in [0.1, 0.15) is 22.7 Å². The van der Waals surface area contributed by atoms with Gasteiger partial charge in [0.05, 0.1) is 17.5 Å². The molecular formula is C16H10FN3O2S. The van der Waals surface area contributed by atoms with Crippen molar-refractivity contribution in [2.75, 3.05) is 0 Å². The van der Waals surface area contributed by atoms with Crippen molar-refractivity contribution in [1.29, 1.82) is 0 Å². The fraction of sp³-hybridized carbons (Fsp3) is 0.0625. The van der Waals surface area contributed by atoms with E-state index in [0.29, 0.717) is 28.2 Å². The minimum atomic E-state index is -0.310. The lowest BCUT2D eigenvalue weighted by Crippen LogP contribution is -2.11. The molecule has 23 heavy (non-hydrogen) atoms. The van der Waals surface area contributed by atoms with Crippen LogP contribution in [0.5, 0.6) is 0 Å². The van der Waals surface area contributed by atoms with E-state index in [1.807, 2.05) is 5.38 Å². The summed E-state index contributed by atoms with van der Waals surface area (Å²) in [7, 11) is 0. The van der Waals surface area contributed by atoms with Gasteiger partial charge in [-0.3, -0.25) is 4.79 Å². The van der Waals surface area contributed by atoms with E-state index in [1.165, 1.54) is 29.7 Å². The number of nitrogens with one attached hydrogen (secondary N) is 1. The van der Waals surface area contributed by atoms with Gasteiger partial charge in [0.2, 0.25) is 0 Å². The molecule has 114 valence electrons. The zero-order valence-corrected chi connectivity index (χ0v) is 12.6. The third kappa shape index (κ3) is 2.55. The fourth-order valence-electron chi connectivity index (χ4n) is 2.42. The van der Waals surface area contributed by atoms with Crippen LogP contribution in [0.25, 0.3) is 21.3 Å². The maximum absolute atomic E-state index is 13.1. The van der Waals surface area contributed by atoms with Gasteiger partial charge in [-0.15, -0.1) is 11.3 Å². The highest BCUT2D eigenvalue weighted by molar-refractivity contribution is 7.17. The highest BCUT2D eigenvalue weighted by atomic mass is 32.1. The fourth-order valence-corrected chi connectivity index (χ4v) is 3.39. The molecule has 0 aliphatic heterocycles. The van der Waals surface area contributed by atoms with E-state index < -0.39 is 0 Å². The SMILES string of the molecule is O=c1[nH]c(Cc2ccon2)nc2scc(-c3ccc(F)cc3)c12. The molecule has 0 unspecified atom stereocenters. The van der Waals surface area contributed by atoms with Crippen LogP contribution in [-0.2, 0) is 6.42 Å². The Morgan fingerprint density at radius 3 is 2.78 bits per heavy atom. The average molecular weight is 327 g/mol. The van der Waals surface area contributed by atoms with Crippen LogP contribution in [0.4, 0.5) is 4.39 Å². The summed E-state index contributed by atoms with van der Waals surface area (Å²) in [5, 5.41) is 6.19. The van der Waals surface area contributed by atoms with Crippen LogP contribution < -0.4 is 5.56 Å². The number of aromatic amines is 1. The smallest absolute Gasteiger partial charge is 0.260 e. The highest BCUT2D eigenvalue weighted by Gasteiger charge is 2.13. The van der Waals surface area contributed by atoms with Crippen LogP contribution in [-0.4, -0.2) is 15.1 Å². The standard InChI is InChI=1S/C16H10FN3O2S/c17-10-3-1-9(2-4-10)12-8-23-16-14(12)15(21)18-13(19-16)7-11-5-6-22-20-11/h1-6,8H,7H2,(H,18,19,21). The summed E-state index contributed by atoms with van der Waals surface area (Å²) in [6.45, 7) is 0. The second kappa shape index (κ2) is 5.44. The number of thiophene rings is 1. The van der Waals surface area contributed by atoms with Crippen molar-refractivity contribution in [1.82, 2.24) is 15.1 Å². The zero-order valence-electron chi connectivity index (χ0n) is 11.7. The van der Waals surface area contributed by atoms with Gasteiger partial charge in [-0.05, 0) is 17.7 Å². The third-order valence-corrected chi connectivity index (χ3v) is 4.36. The molecule has 3 heterocycles. The molecule has 3 aromatic heterocycles. The van der Waals surface area contributed by atoms with Crippen LogP contribution in [0.2, 0.25) is 0 Å². The van der Waals surface area contributed by atoms with Crippen molar-refractivity contribution in [3.8, 4) is 11.1 Å². The number of benzene rings is 1. The minimum absolute atomic E-state index is 0.214. The maximum Gasteiger partial charge on any atom is 0.260 e. The van der Waals surface area contributed by atoms with Gasteiger partial charge in [-0.2, -0.15) is 0 Å². The molecule has 0 bridgehead atoms. The molecule has 0 radical (unpaired) electrons. The van der Waals surface area contributed by atoms with Gasteiger partial charge in [0.15, 0.2) is 0 Å². The predicted octanol–water partition coefficient (Wildman–Crippen LogP) is 3.37. The molecule has 0 aliphatic rings. The van der Waals surface area contributed by atoms with Crippen molar-refractivity contribution >= 4 is 21.6 Å². The number of rotatable bonds is 3. The lowest BCUT2D eigenvalue weighted by Gasteiger charge is -2.01. The normalized spacial score (nSPS) is 11.2. The minimum Gasteiger partial charge on any atom is -0.364 e. The van der Waals surface area contributed by atoms with Crippen molar-refractivity contribution < 1.29 is 8.91 Å². The first kappa shape index (κ1) is 13.8. The Labute approximate surface area is 133 Å². The van der Waals surface area contributed by atoms with Gasteiger partial charge in [-0.25, -0.2) is 9.37 Å². The van der Waals surface area contributed by atoms with E-state index in [4.69, 9.17) is 4.52 Å². The summed E-state index contributed by atoms with van der Waals surface area (Å²) in [6.07, 6.45) is 1.87. The first-order valence-electron chi connectivity index (χ1n) is 6.86. The predicted molar refractivity (Wildman–Crippen MR) is 84.9 cm³/mol. The van der Waals surface area contributed by atoms with Crippen LogP contribution in [0.1, 0.15) is 11.5 Å². The van der Waals surface area contributed by atoms with E-state index >= 15 is 0 Å². The van der Waals surface area contributed by atoms with Crippen LogP contribution in [0.3, 0.4) is 0 Å². The molecular weight excluding hydrogens is 317 g/mol. The molecule has 0 saturated heterocycles. The monoisotopic (exact) mass is 327 g/mol. The number of aromatic nitrogens is 3. The number of halogens is 1. The molecule has 7 heteroatoms. The molecule has 0 spiro atoms. The largest absolute Gasteiger partial charge is 0.364 e. The first-order valence-corrected chi connectivity index (χ1v) is 7.74. The number of hydrogen-bond donors (Lipinski definition) is 1. The number of hydrogen-bond acceptors (Lipinski definition) is 5. The Morgan fingerprint density at radius 2 is 2.04 bits per heavy atom. The topological polar surface area (TPSA) is 71.8 Å². The third-order valence-electron chi connectivity index (χ3n) is 3.49. The Bertz CT molecular complexity index is 1020. The van der Waals surface area contributed by atoms with Gasteiger partial charge in [0.25, 0.3) is 5.56 Å². The lowest BCUT2D eigenvalue weighted by molar-refractivity contribution is 0.412. The molecule has 5 nitrogen and oxygen atoms in total. The molecule has 0 atom stereocenters. The lowest BCUT2D eigenvalue weighted by atomic mass is 10.1. The first-order chi connectivity index (χ1) is 11.2. The van der Waals surface area contributed by atoms with Crippen molar-refractivity contribution in [2.24, 2.45) is 0 Å². The molecule has 0 fully saturated rings. The summed E-state index contributed by atoms with van der Waals surface area (Å²) in [6, 6.07) is 7.78. The summed E-state index contributed by atoms with van der Waals surface area (Å²) in [5.74, 6) is 0.221. The maximum atomic E-state index is 13.1. The molecule has 0 saturated carbocycles. The molecule has 0 aliphatic carbocycles. The average Bonchev–Trinajstić information content (AvgIpc) is 3.18. The summed E-state index contributed by atoms with van der Waals surface area (Å²) in [4.78, 5) is 20.4. The van der Waals surface area contributed by atoms with Crippen LogP contribution in [0, 0.1) is 5.82 Å². The van der Waals surface area contributed by atoms with E-state index in [9.17, 15) is 9.18 Å². The van der Waals surface area contributed by atoms with Gasteiger partial charge in [0, 0.05) is 17.0 Å². The Kier molecular flexibility index (Phi) is 3.27. The second-order valence-corrected chi connectivity index (χ2v) is 5.87. The zero-order chi connectivity index (χ0) is 15.8.